The van der Waals surface area contributed by atoms with Gasteiger partial charge in [0.05, 0.1) is 24.4 Å². The summed E-state index contributed by atoms with van der Waals surface area (Å²) in [6.07, 6.45) is 1.62. The molecule has 4 aromatic rings. The predicted octanol–water partition coefficient (Wildman–Crippen LogP) is 5.98. The fraction of sp³-hybridized carbons (Fsp3) is 0.125. The Kier molecular flexibility index (Phi) is 5.70. The average Bonchev–Trinajstić information content (AvgIpc) is 3.49. The summed E-state index contributed by atoms with van der Waals surface area (Å²) in [5.41, 5.74) is 2.98. The number of allylic oxidation sites excluding steroid dienone is 1. The van der Waals surface area contributed by atoms with Crippen molar-refractivity contribution in [3.63, 3.8) is 0 Å². The molecule has 0 amide bonds. The average molecular weight is 481 g/mol. The van der Waals surface area contributed by atoms with Crippen molar-refractivity contribution in [3.05, 3.63) is 101 Å². The van der Waals surface area contributed by atoms with Crippen LogP contribution in [0.4, 0.5) is 4.39 Å². The second-order valence-electron chi connectivity index (χ2n) is 7.54. The first-order valence-corrected chi connectivity index (χ1v) is 10.9. The number of nitrogens with zero attached hydrogens (tertiary/aromatic N) is 3. The monoisotopic (exact) mass is 480 g/mol. The van der Waals surface area contributed by atoms with Gasteiger partial charge in [0.25, 0.3) is 5.89 Å². The summed E-state index contributed by atoms with van der Waals surface area (Å²) < 4.78 is 24.9. The maximum atomic E-state index is 13.7. The lowest BCUT2D eigenvalue weighted by Crippen LogP contribution is -2.45. The number of rotatable bonds is 5. The van der Waals surface area contributed by atoms with E-state index in [9.17, 15) is 4.39 Å². The molecule has 0 saturated heterocycles. The van der Waals surface area contributed by atoms with Gasteiger partial charge in [-0.3, -0.25) is 0 Å². The Bertz CT molecular complexity index is 1350. The van der Waals surface area contributed by atoms with E-state index in [4.69, 9.17) is 32.8 Å². The van der Waals surface area contributed by atoms with E-state index in [1.807, 2.05) is 42.2 Å². The summed E-state index contributed by atoms with van der Waals surface area (Å²) in [5.74, 6) is 0.974. The van der Waals surface area contributed by atoms with Gasteiger partial charge in [0.15, 0.2) is 5.11 Å². The standard InChI is InChI=1S/C24H18ClFN4O2S/c1-14-20(23-28-22(29-32-23)16-6-3-8-18(26)12-16)21(15-5-2-7-17(25)11-15)27-24(33)30(14)13-19-9-4-10-31-19/h2-12,21H,13H2,1H3,(H,27,33). The van der Waals surface area contributed by atoms with Crippen molar-refractivity contribution in [1.29, 1.82) is 0 Å². The highest BCUT2D eigenvalue weighted by atomic mass is 35.5. The highest BCUT2D eigenvalue weighted by Crippen LogP contribution is 2.38. The molecule has 0 fully saturated rings. The van der Waals surface area contributed by atoms with Gasteiger partial charge in [0.1, 0.15) is 11.6 Å². The van der Waals surface area contributed by atoms with Crippen molar-refractivity contribution in [2.24, 2.45) is 0 Å². The Morgan fingerprint density at radius 2 is 2.00 bits per heavy atom. The number of thiocarbonyl (C=S) groups is 1. The molecule has 9 heteroatoms. The number of furan rings is 1. The molecule has 0 radical (unpaired) electrons. The van der Waals surface area contributed by atoms with E-state index in [0.29, 0.717) is 34.0 Å². The zero-order valence-corrected chi connectivity index (χ0v) is 19.0. The third-order valence-corrected chi connectivity index (χ3v) is 5.98. The molecule has 0 spiro atoms. The van der Waals surface area contributed by atoms with Gasteiger partial charge in [-0.25, -0.2) is 4.39 Å². The highest BCUT2D eigenvalue weighted by molar-refractivity contribution is 7.80. The summed E-state index contributed by atoms with van der Waals surface area (Å²) in [5, 5.41) is 8.59. The maximum Gasteiger partial charge on any atom is 0.258 e. The van der Waals surface area contributed by atoms with E-state index < -0.39 is 0 Å². The number of benzene rings is 2. The number of hydrogen-bond acceptors (Lipinski definition) is 5. The van der Waals surface area contributed by atoms with Gasteiger partial charge in [-0.1, -0.05) is 41.0 Å². The lowest BCUT2D eigenvalue weighted by molar-refractivity contribution is 0.382. The van der Waals surface area contributed by atoms with Crippen LogP contribution in [0.15, 0.2) is 81.6 Å². The zero-order chi connectivity index (χ0) is 22.9. The molecule has 2 aromatic carbocycles. The van der Waals surface area contributed by atoms with Gasteiger partial charge < -0.3 is 19.2 Å². The Hall–Kier alpha value is -3.49. The molecule has 0 aliphatic carbocycles. The third kappa shape index (κ3) is 4.27. The van der Waals surface area contributed by atoms with Crippen molar-refractivity contribution in [1.82, 2.24) is 20.4 Å². The minimum atomic E-state index is -0.375. The van der Waals surface area contributed by atoms with Gasteiger partial charge >= 0.3 is 0 Å². The predicted molar refractivity (Wildman–Crippen MR) is 126 cm³/mol. The zero-order valence-electron chi connectivity index (χ0n) is 17.5. The van der Waals surface area contributed by atoms with Crippen LogP contribution in [0.3, 0.4) is 0 Å². The third-order valence-electron chi connectivity index (χ3n) is 5.41. The molecule has 1 N–H and O–H groups in total. The smallest absolute Gasteiger partial charge is 0.258 e. The van der Waals surface area contributed by atoms with Crippen molar-refractivity contribution < 1.29 is 13.3 Å². The second-order valence-corrected chi connectivity index (χ2v) is 8.36. The molecule has 0 saturated carbocycles. The molecule has 6 nitrogen and oxygen atoms in total. The molecule has 5 rings (SSSR count). The molecule has 1 unspecified atom stereocenters. The lowest BCUT2D eigenvalue weighted by atomic mass is 9.95. The van der Waals surface area contributed by atoms with Gasteiger partial charge in [-0.05, 0) is 61.1 Å². The Balaban J connectivity index is 1.61. The van der Waals surface area contributed by atoms with Crippen LogP contribution in [-0.4, -0.2) is 20.2 Å². The molecule has 1 aliphatic heterocycles. The first-order chi connectivity index (χ1) is 16.0. The van der Waals surface area contributed by atoms with Gasteiger partial charge in [0, 0.05) is 16.3 Å². The van der Waals surface area contributed by atoms with Crippen LogP contribution >= 0.6 is 23.8 Å². The van der Waals surface area contributed by atoms with Crippen LogP contribution < -0.4 is 5.32 Å². The highest BCUT2D eigenvalue weighted by Gasteiger charge is 2.34. The van der Waals surface area contributed by atoms with E-state index in [0.717, 1.165) is 22.6 Å². The minimum absolute atomic E-state index is 0.292. The van der Waals surface area contributed by atoms with Gasteiger partial charge in [-0.15, -0.1) is 0 Å². The van der Waals surface area contributed by atoms with Crippen LogP contribution in [0.1, 0.15) is 30.2 Å². The number of aromatic nitrogens is 2. The fourth-order valence-corrected chi connectivity index (χ4v) is 4.34. The van der Waals surface area contributed by atoms with E-state index in [-0.39, 0.29) is 11.9 Å². The van der Waals surface area contributed by atoms with E-state index in [2.05, 4.69) is 15.5 Å². The van der Waals surface area contributed by atoms with Crippen LogP contribution in [0, 0.1) is 5.82 Å². The van der Waals surface area contributed by atoms with Crippen LogP contribution in [-0.2, 0) is 6.54 Å². The largest absolute Gasteiger partial charge is 0.467 e. The first-order valence-electron chi connectivity index (χ1n) is 10.2. The van der Waals surface area contributed by atoms with Crippen molar-refractivity contribution in [2.45, 2.75) is 19.5 Å². The molecule has 1 aliphatic rings. The summed E-state index contributed by atoms with van der Waals surface area (Å²) in [4.78, 5) is 6.50. The molecular formula is C24H18ClFN4O2S. The maximum absolute atomic E-state index is 13.7. The van der Waals surface area contributed by atoms with Crippen molar-refractivity contribution >= 4 is 34.5 Å². The molecule has 1 atom stereocenters. The molecule has 33 heavy (non-hydrogen) atoms. The van der Waals surface area contributed by atoms with Crippen molar-refractivity contribution in [2.75, 3.05) is 0 Å². The van der Waals surface area contributed by atoms with E-state index in [1.54, 1.807) is 24.5 Å². The lowest BCUT2D eigenvalue weighted by Gasteiger charge is -2.37. The van der Waals surface area contributed by atoms with Crippen LogP contribution in [0.5, 0.6) is 0 Å². The van der Waals surface area contributed by atoms with Crippen LogP contribution in [0.25, 0.3) is 17.0 Å². The Morgan fingerprint density at radius 3 is 2.76 bits per heavy atom. The van der Waals surface area contributed by atoms with Gasteiger partial charge in [0.2, 0.25) is 5.82 Å². The van der Waals surface area contributed by atoms with E-state index >= 15 is 0 Å². The summed E-state index contributed by atoms with van der Waals surface area (Å²) in [6.45, 7) is 2.37. The normalized spacial score (nSPS) is 16.3. The summed E-state index contributed by atoms with van der Waals surface area (Å²) in [6, 6.07) is 16.9. The SMILES string of the molecule is CC1=C(c2nc(-c3cccc(F)c3)no2)C(c2cccc(Cl)c2)NC(=S)N1Cc1ccco1. The molecule has 166 valence electrons. The Labute approximate surface area is 199 Å². The Morgan fingerprint density at radius 1 is 1.15 bits per heavy atom. The topological polar surface area (TPSA) is 67.3 Å². The van der Waals surface area contributed by atoms with Gasteiger partial charge in [-0.2, -0.15) is 4.98 Å². The number of nitrogens with one attached hydrogen (secondary N) is 1. The molecule has 0 bridgehead atoms. The number of halogens is 2. The quantitative estimate of drug-likeness (QED) is 0.352. The van der Waals surface area contributed by atoms with Crippen molar-refractivity contribution in [3.8, 4) is 11.4 Å². The summed E-state index contributed by atoms with van der Waals surface area (Å²) >= 11 is 12.0. The van der Waals surface area contributed by atoms with E-state index in [1.165, 1.54) is 12.1 Å². The molecule has 3 heterocycles. The van der Waals surface area contributed by atoms with Crippen LogP contribution in [0.2, 0.25) is 5.02 Å². The minimum Gasteiger partial charge on any atom is -0.467 e. The molecular weight excluding hydrogens is 463 g/mol. The fourth-order valence-electron chi connectivity index (χ4n) is 3.82. The first kappa shape index (κ1) is 21.4. The number of hydrogen-bond donors (Lipinski definition) is 1. The second kappa shape index (κ2) is 8.80. The summed E-state index contributed by atoms with van der Waals surface area (Å²) in [7, 11) is 0. The molecule has 2 aromatic heterocycles.